The Kier molecular flexibility index (Phi) is 5.55. The van der Waals surface area contributed by atoms with Gasteiger partial charge < -0.3 is 10.1 Å². The summed E-state index contributed by atoms with van der Waals surface area (Å²) < 4.78 is 32.0. The lowest BCUT2D eigenvalue weighted by Gasteiger charge is -2.19. The number of anilines is 2. The maximum absolute atomic E-state index is 12.9. The maximum Gasteiger partial charge on any atom is 0.274 e. The summed E-state index contributed by atoms with van der Waals surface area (Å²) in [5.74, 6) is -0.257. The average molecular weight is 398 g/mol. The zero-order valence-electron chi connectivity index (χ0n) is 15.2. The normalized spacial score (nSPS) is 10.9. The molecule has 3 rings (SSSR count). The average Bonchev–Trinajstić information content (AvgIpc) is 2.74. The molecule has 0 fully saturated rings. The molecule has 0 saturated heterocycles. The molecule has 0 atom stereocenters. The molecule has 0 radical (unpaired) electrons. The van der Waals surface area contributed by atoms with Crippen molar-refractivity contribution in [1.82, 2.24) is 9.97 Å². The van der Waals surface area contributed by atoms with E-state index in [0.717, 1.165) is 0 Å². The van der Waals surface area contributed by atoms with Crippen molar-refractivity contribution in [3.05, 3.63) is 72.7 Å². The lowest BCUT2D eigenvalue weighted by atomic mass is 10.3. The van der Waals surface area contributed by atoms with E-state index in [1.807, 2.05) is 6.07 Å². The van der Waals surface area contributed by atoms with Crippen molar-refractivity contribution in [1.29, 1.82) is 0 Å². The van der Waals surface area contributed by atoms with Crippen LogP contribution in [0.1, 0.15) is 10.5 Å². The minimum atomic E-state index is -3.79. The Bertz CT molecular complexity index is 1090. The summed E-state index contributed by atoms with van der Waals surface area (Å²) in [4.78, 5) is 20.2. The van der Waals surface area contributed by atoms with E-state index in [9.17, 15) is 13.2 Å². The molecule has 0 unspecified atom stereocenters. The van der Waals surface area contributed by atoms with E-state index in [2.05, 4.69) is 15.3 Å². The van der Waals surface area contributed by atoms with E-state index in [1.54, 1.807) is 36.4 Å². The smallest absolute Gasteiger partial charge is 0.274 e. The van der Waals surface area contributed by atoms with Gasteiger partial charge in [-0.05, 0) is 30.3 Å². The van der Waals surface area contributed by atoms with Crippen LogP contribution in [0.15, 0.2) is 71.9 Å². The number of nitrogens with one attached hydrogen (secondary N) is 1. The molecule has 1 N–H and O–H groups in total. The Hall–Kier alpha value is -3.46. The minimum absolute atomic E-state index is 0.0527. The highest BCUT2D eigenvalue weighted by Gasteiger charge is 2.22. The van der Waals surface area contributed by atoms with Crippen LogP contribution in [0.5, 0.6) is 5.88 Å². The standard InChI is InChI=1S/C19H18N4O4S/c1-23(15-8-4-3-5-9-15)28(25,26)16-10-6-7-14(11-16)22-19(24)17-12-18(27-2)21-13-20-17/h3-13H,1-2H3,(H,22,24). The topological polar surface area (TPSA) is 101 Å². The number of hydrogen-bond acceptors (Lipinski definition) is 6. The summed E-state index contributed by atoms with van der Waals surface area (Å²) in [5.41, 5.74) is 0.955. The summed E-state index contributed by atoms with van der Waals surface area (Å²) >= 11 is 0. The Balaban J connectivity index is 1.84. The number of methoxy groups -OCH3 is 1. The van der Waals surface area contributed by atoms with Crippen LogP contribution in [0.4, 0.5) is 11.4 Å². The van der Waals surface area contributed by atoms with Gasteiger partial charge in [-0.1, -0.05) is 24.3 Å². The second-order valence-electron chi connectivity index (χ2n) is 5.74. The quantitative estimate of drug-likeness (QED) is 0.685. The van der Waals surface area contributed by atoms with Crippen molar-refractivity contribution in [2.24, 2.45) is 0 Å². The zero-order chi connectivity index (χ0) is 20.1. The molecule has 0 aliphatic carbocycles. The number of nitrogens with zero attached hydrogens (tertiary/aromatic N) is 3. The molecule has 0 aliphatic heterocycles. The molecule has 1 heterocycles. The second-order valence-corrected chi connectivity index (χ2v) is 7.70. The number of benzene rings is 2. The number of carbonyl (C=O) groups excluding carboxylic acids is 1. The van der Waals surface area contributed by atoms with Gasteiger partial charge in [0.1, 0.15) is 12.0 Å². The van der Waals surface area contributed by atoms with E-state index in [-0.39, 0.29) is 16.5 Å². The second kappa shape index (κ2) is 8.05. The number of carbonyl (C=O) groups is 1. The number of hydrogen-bond donors (Lipinski definition) is 1. The first-order valence-corrected chi connectivity index (χ1v) is 9.67. The fraction of sp³-hybridized carbons (Fsp3) is 0.105. The number of sulfonamides is 1. The molecule has 1 aromatic heterocycles. The number of rotatable bonds is 6. The van der Waals surface area contributed by atoms with Crippen LogP contribution >= 0.6 is 0 Å². The Labute approximate surface area is 162 Å². The summed E-state index contributed by atoms with van der Waals surface area (Å²) in [7, 11) is -0.882. The lowest BCUT2D eigenvalue weighted by Crippen LogP contribution is -2.26. The molecule has 2 aromatic carbocycles. The Morgan fingerprint density at radius 2 is 1.79 bits per heavy atom. The molecular formula is C19H18N4O4S. The first-order chi connectivity index (χ1) is 13.4. The highest BCUT2D eigenvalue weighted by atomic mass is 32.2. The molecular weight excluding hydrogens is 380 g/mol. The molecule has 0 spiro atoms. The molecule has 0 aliphatic rings. The van der Waals surface area contributed by atoms with Crippen molar-refractivity contribution < 1.29 is 17.9 Å². The summed E-state index contributed by atoms with van der Waals surface area (Å²) in [6.45, 7) is 0. The largest absolute Gasteiger partial charge is 0.481 e. The number of aromatic nitrogens is 2. The van der Waals surface area contributed by atoms with Gasteiger partial charge in [0.25, 0.3) is 15.9 Å². The van der Waals surface area contributed by atoms with Gasteiger partial charge in [-0.3, -0.25) is 9.10 Å². The molecule has 144 valence electrons. The van der Waals surface area contributed by atoms with Crippen molar-refractivity contribution in [2.75, 3.05) is 23.8 Å². The zero-order valence-corrected chi connectivity index (χ0v) is 16.1. The maximum atomic E-state index is 12.9. The monoisotopic (exact) mass is 398 g/mol. The van der Waals surface area contributed by atoms with Crippen LogP contribution in [0.25, 0.3) is 0 Å². The van der Waals surface area contributed by atoms with E-state index >= 15 is 0 Å². The van der Waals surface area contributed by atoms with Gasteiger partial charge >= 0.3 is 0 Å². The van der Waals surface area contributed by atoms with E-state index < -0.39 is 15.9 Å². The fourth-order valence-electron chi connectivity index (χ4n) is 2.44. The van der Waals surface area contributed by atoms with Gasteiger partial charge in [0.2, 0.25) is 5.88 Å². The van der Waals surface area contributed by atoms with Gasteiger partial charge in [0, 0.05) is 18.8 Å². The third-order valence-corrected chi connectivity index (χ3v) is 5.74. The van der Waals surface area contributed by atoms with Crippen molar-refractivity contribution in [3.63, 3.8) is 0 Å². The molecule has 8 nitrogen and oxygen atoms in total. The molecule has 28 heavy (non-hydrogen) atoms. The Morgan fingerprint density at radius 1 is 1.04 bits per heavy atom. The van der Waals surface area contributed by atoms with Crippen LogP contribution < -0.4 is 14.4 Å². The number of para-hydroxylation sites is 1. The predicted molar refractivity (Wildman–Crippen MR) is 105 cm³/mol. The van der Waals surface area contributed by atoms with Crippen LogP contribution in [-0.2, 0) is 10.0 Å². The molecule has 9 heteroatoms. The van der Waals surface area contributed by atoms with Crippen molar-refractivity contribution in [3.8, 4) is 5.88 Å². The van der Waals surface area contributed by atoms with Gasteiger partial charge in [-0.2, -0.15) is 0 Å². The van der Waals surface area contributed by atoms with E-state index in [4.69, 9.17) is 4.74 Å². The third-order valence-electron chi connectivity index (χ3n) is 3.95. The molecule has 0 bridgehead atoms. The highest BCUT2D eigenvalue weighted by molar-refractivity contribution is 7.92. The summed E-state index contributed by atoms with van der Waals surface area (Å²) in [6, 6.07) is 16.1. The van der Waals surface area contributed by atoms with Gasteiger partial charge in [0.15, 0.2) is 0 Å². The third kappa shape index (κ3) is 4.09. The number of amides is 1. The van der Waals surface area contributed by atoms with Crippen LogP contribution in [-0.4, -0.2) is 38.5 Å². The van der Waals surface area contributed by atoms with Gasteiger partial charge in [-0.25, -0.2) is 18.4 Å². The lowest BCUT2D eigenvalue weighted by molar-refractivity contribution is 0.102. The van der Waals surface area contributed by atoms with Crippen LogP contribution in [0, 0.1) is 0 Å². The van der Waals surface area contributed by atoms with Crippen LogP contribution in [0.2, 0.25) is 0 Å². The van der Waals surface area contributed by atoms with Crippen molar-refractivity contribution in [2.45, 2.75) is 4.90 Å². The summed E-state index contributed by atoms with van der Waals surface area (Å²) in [6.07, 6.45) is 1.21. The van der Waals surface area contributed by atoms with Gasteiger partial charge in [-0.15, -0.1) is 0 Å². The predicted octanol–water partition coefficient (Wildman–Crippen LogP) is 2.56. The fourth-order valence-corrected chi connectivity index (χ4v) is 3.68. The van der Waals surface area contributed by atoms with E-state index in [1.165, 1.54) is 43.0 Å². The minimum Gasteiger partial charge on any atom is -0.481 e. The highest BCUT2D eigenvalue weighted by Crippen LogP contribution is 2.24. The SMILES string of the molecule is COc1cc(C(=O)Nc2cccc(S(=O)(=O)N(C)c3ccccc3)c2)ncn1. The Morgan fingerprint density at radius 3 is 2.50 bits per heavy atom. The molecule has 1 amide bonds. The van der Waals surface area contributed by atoms with E-state index in [0.29, 0.717) is 11.4 Å². The first-order valence-electron chi connectivity index (χ1n) is 8.23. The summed E-state index contributed by atoms with van der Waals surface area (Å²) in [5, 5.41) is 2.63. The van der Waals surface area contributed by atoms with Crippen molar-refractivity contribution >= 4 is 27.3 Å². The first kappa shape index (κ1) is 19.3. The van der Waals surface area contributed by atoms with Gasteiger partial charge in [0.05, 0.1) is 17.7 Å². The van der Waals surface area contributed by atoms with Crippen LogP contribution in [0.3, 0.4) is 0 Å². The molecule has 0 saturated carbocycles. The number of ether oxygens (including phenoxy) is 1. The molecule has 3 aromatic rings.